The van der Waals surface area contributed by atoms with Crippen LogP contribution in [0.1, 0.15) is 44.2 Å². The number of H-pyrrole nitrogens is 1. The normalized spacial score (nSPS) is 15.3. The van der Waals surface area contributed by atoms with Crippen molar-refractivity contribution in [3.63, 3.8) is 0 Å². The van der Waals surface area contributed by atoms with Crippen molar-refractivity contribution in [2.24, 2.45) is 5.92 Å². The summed E-state index contributed by atoms with van der Waals surface area (Å²) < 4.78 is 36.1. The molecule has 0 saturated carbocycles. The number of hydrogen-bond acceptors (Lipinski definition) is 6. The topological polar surface area (TPSA) is 137 Å². The molecule has 0 bridgehead atoms. The van der Waals surface area contributed by atoms with Crippen LogP contribution in [0, 0.1) is 17.2 Å². The van der Waals surface area contributed by atoms with Crippen LogP contribution in [0.2, 0.25) is 0 Å². The summed E-state index contributed by atoms with van der Waals surface area (Å²) in [5, 5.41) is 9.90. The highest BCUT2D eigenvalue weighted by Gasteiger charge is 2.32. The molecule has 3 heterocycles. The van der Waals surface area contributed by atoms with Gasteiger partial charge in [0.1, 0.15) is 17.8 Å². The molecule has 1 atom stereocenters. The Hall–Kier alpha value is -3.62. The standard InChI is InChI=1S/C27H33N5O5S/c1-37-26(33)9-2-5-20-11-16-32(17-12-20)27(34)24(13-18-31-15-4-6-21(31)19-28)30-38(35,36)25-8-3-7-23-22(25)10-14-29-23/h3-4,6-8,10,14-15,20,24,29-30H,2,5,9,11-13,16-18H2,1H3. The molecule has 1 fully saturated rings. The number of carbonyl (C=O) groups is 2. The average molecular weight is 540 g/mol. The van der Waals surface area contributed by atoms with E-state index in [0.717, 1.165) is 25.7 Å². The molecule has 1 unspecified atom stereocenters. The van der Waals surface area contributed by atoms with Gasteiger partial charge in [0.05, 0.1) is 12.0 Å². The number of aromatic nitrogens is 2. The van der Waals surface area contributed by atoms with Crippen molar-refractivity contribution < 1.29 is 22.7 Å². The summed E-state index contributed by atoms with van der Waals surface area (Å²) in [6, 6.07) is 11.2. The van der Waals surface area contributed by atoms with Crippen molar-refractivity contribution in [2.45, 2.75) is 56.0 Å². The molecular formula is C27H33N5O5S. The van der Waals surface area contributed by atoms with Gasteiger partial charge in [-0.3, -0.25) is 9.59 Å². The molecule has 10 nitrogen and oxygen atoms in total. The Morgan fingerprint density at radius 2 is 2.00 bits per heavy atom. The first-order chi connectivity index (χ1) is 18.3. The quantitative estimate of drug-likeness (QED) is 0.359. The van der Waals surface area contributed by atoms with E-state index in [1.165, 1.54) is 13.2 Å². The van der Waals surface area contributed by atoms with Gasteiger partial charge in [0.2, 0.25) is 15.9 Å². The highest BCUT2D eigenvalue weighted by atomic mass is 32.2. The van der Waals surface area contributed by atoms with Crippen molar-refractivity contribution >= 4 is 32.8 Å². The highest BCUT2D eigenvalue weighted by Crippen LogP contribution is 2.25. The second-order valence-corrected chi connectivity index (χ2v) is 11.3. The molecule has 0 spiro atoms. The Morgan fingerprint density at radius 1 is 1.21 bits per heavy atom. The number of benzene rings is 1. The molecule has 0 radical (unpaired) electrons. The summed E-state index contributed by atoms with van der Waals surface area (Å²) >= 11 is 0. The van der Waals surface area contributed by atoms with E-state index in [9.17, 15) is 23.3 Å². The largest absolute Gasteiger partial charge is 0.469 e. The number of carbonyl (C=O) groups excluding carboxylic acids is 2. The molecule has 11 heteroatoms. The number of aromatic amines is 1. The number of likely N-dealkylation sites (tertiary alicyclic amines) is 1. The number of sulfonamides is 1. The van der Waals surface area contributed by atoms with Gasteiger partial charge in [0, 0.05) is 49.4 Å². The molecule has 1 aromatic carbocycles. The van der Waals surface area contributed by atoms with E-state index < -0.39 is 16.1 Å². The predicted molar refractivity (Wildman–Crippen MR) is 141 cm³/mol. The number of rotatable bonds is 11. The van der Waals surface area contributed by atoms with Crippen molar-refractivity contribution in [3.8, 4) is 6.07 Å². The van der Waals surface area contributed by atoms with Crippen LogP contribution in [0.15, 0.2) is 53.7 Å². The van der Waals surface area contributed by atoms with E-state index in [2.05, 4.69) is 15.8 Å². The first-order valence-electron chi connectivity index (χ1n) is 12.8. The number of aryl methyl sites for hydroxylation is 1. The number of amides is 1. The van der Waals surface area contributed by atoms with E-state index in [1.54, 1.807) is 52.2 Å². The van der Waals surface area contributed by atoms with Crippen LogP contribution in [0.3, 0.4) is 0 Å². The molecule has 202 valence electrons. The molecule has 4 rings (SSSR count). The number of fused-ring (bicyclic) bond motifs is 1. The van der Waals surface area contributed by atoms with Gasteiger partial charge in [0.25, 0.3) is 0 Å². The van der Waals surface area contributed by atoms with Crippen molar-refractivity contribution in [3.05, 3.63) is 54.5 Å². The maximum atomic E-state index is 13.6. The van der Waals surface area contributed by atoms with Gasteiger partial charge in [-0.2, -0.15) is 9.98 Å². The van der Waals surface area contributed by atoms with Crippen molar-refractivity contribution in [1.29, 1.82) is 5.26 Å². The molecule has 2 aromatic heterocycles. The minimum absolute atomic E-state index is 0.108. The second kappa shape index (κ2) is 12.3. The van der Waals surface area contributed by atoms with E-state index in [4.69, 9.17) is 4.74 Å². The number of nitrogens with one attached hydrogen (secondary N) is 2. The van der Waals surface area contributed by atoms with Crippen molar-refractivity contribution in [1.82, 2.24) is 19.2 Å². The Morgan fingerprint density at radius 3 is 2.74 bits per heavy atom. The fourth-order valence-corrected chi connectivity index (χ4v) is 6.50. The fourth-order valence-electron chi connectivity index (χ4n) is 5.05. The summed E-state index contributed by atoms with van der Waals surface area (Å²) in [5.41, 5.74) is 1.14. The fraction of sp³-hybridized carbons (Fsp3) is 0.444. The lowest BCUT2D eigenvalue weighted by Crippen LogP contribution is -2.51. The number of ether oxygens (including phenoxy) is 1. The maximum Gasteiger partial charge on any atom is 0.305 e. The molecule has 38 heavy (non-hydrogen) atoms. The Bertz CT molecular complexity index is 1410. The number of hydrogen-bond donors (Lipinski definition) is 2. The van der Waals surface area contributed by atoms with Gasteiger partial charge in [-0.1, -0.05) is 6.07 Å². The summed E-state index contributed by atoms with van der Waals surface area (Å²) in [6.45, 7) is 1.37. The van der Waals surface area contributed by atoms with Gasteiger partial charge in [0.15, 0.2) is 0 Å². The lowest BCUT2D eigenvalue weighted by atomic mass is 9.91. The molecule has 2 N–H and O–H groups in total. The van der Waals surface area contributed by atoms with Gasteiger partial charge >= 0.3 is 5.97 Å². The third-order valence-electron chi connectivity index (χ3n) is 7.19. The van der Waals surface area contributed by atoms with Gasteiger partial charge in [-0.25, -0.2) is 8.42 Å². The molecule has 1 aliphatic rings. The van der Waals surface area contributed by atoms with Crippen LogP contribution < -0.4 is 4.72 Å². The zero-order chi connectivity index (χ0) is 27.1. The average Bonchev–Trinajstić information content (AvgIpc) is 3.60. The minimum atomic E-state index is -4.02. The maximum absolute atomic E-state index is 13.6. The summed E-state index contributed by atoms with van der Waals surface area (Å²) in [4.78, 5) is 29.9. The zero-order valence-corrected chi connectivity index (χ0v) is 22.2. The highest BCUT2D eigenvalue weighted by molar-refractivity contribution is 7.89. The van der Waals surface area contributed by atoms with E-state index in [1.807, 2.05) is 0 Å². The SMILES string of the molecule is COC(=O)CCCC1CCN(C(=O)C(CCn2cccc2C#N)NS(=O)(=O)c2cccc3[nH]ccc23)CC1. The Labute approximate surface area is 222 Å². The molecule has 1 saturated heterocycles. The number of piperidine rings is 1. The smallest absolute Gasteiger partial charge is 0.305 e. The number of nitrogens with zero attached hydrogens (tertiary/aromatic N) is 3. The number of esters is 1. The summed E-state index contributed by atoms with van der Waals surface area (Å²) in [6.07, 6.45) is 7.23. The number of methoxy groups -OCH3 is 1. The van der Waals surface area contributed by atoms with Crippen LogP contribution in [-0.4, -0.2) is 61.0 Å². The zero-order valence-electron chi connectivity index (χ0n) is 21.4. The summed E-state index contributed by atoms with van der Waals surface area (Å²) in [7, 11) is -2.63. The van der Waals surface area contributed by atoms with Gasteiger partial charge in [-0.15, -0.1) is 0 Å². The van der Waals surface area contributed by atoms with Crippen LogP contribution >= 0.6 is 0 Å². The molecule has 0 aliphatic carbocycles. The van der Waals surface area contributed by atoms with Crippen LogP contribution in [-0.2, 0) is 30.9 Å². The first-order valence-corrected chi connectivity index (χ1v) is 14.3. The number of nitriles is 1. The molecule has 3 aromatic rings. The van der Waals surface area contributed by atoms with E-state index >= 15 is 0 Å². The monoisotopic (exact) mass is 539 g/mol. The Balaban J connectivity index is 1.47. The van der Waals surface area contributed by atoms with Gasteiger partial charge < -0.3 is 19.2 Å². The van der Waals surface area contributed by atoms with Crippen LogP contribution in [0.25, 0.3) is 10.9 Å². The molecule has 1 amide bonds. The van der Waals surface area contributed by atoms with Crippen LogP contribution in [0.4, 0.5) is 0 Å². The summed E-state index contributed by atoms with van der Waals surface area (Å²) in [5.74, 6) is -0.0816. The molecular weight excluding hydrogens is 506 g/mol. The molecule has 1 aliphatic heterocycles. The lowest BCUT2D eigenvalue weighted by Gasteiger charge is -2.34. The van der Waals surface area contributed by atoms with E-state index in [0.29, 0.717) is 48.6 Å². The minimum Gasteiger partial charge on any atom is -0.469 e. The van der Waals surface area contributed by atoms with Gasteiger partial charge in [-0.05, 0) is 68.4 Å². The van der Waals surface area contributed by atoms with Crippen LogP contribution in [0.5, 0.6) is 0 Å². The predicted octanol–water partition coefficient (Wildman–Crippen LogP) is 3.16. The third kappa shape index (κ3) is 6.44. The van der Waals surface area contributed by atoms with Crippen molar-refractivity contribution in [2.75, 3.05) is 20.2 Å². The lowest BCUT2D eigenvalue weighted by molar-refractivity contribution is -0.140. The van der Waals surface area contributed by atoms with E-state index in [-0.39, 0.29) is 23.2 Å². The third-order valence-corrected chi connectivity index (χ3v) is 8.72. The second-order valence-electron chi connectivity index (χ2n) is 9.59. The Kier molecular flexibility index (Phi) is 8.86. The first kappa shape index (κ1) is 27.4.